The third kappa shape index (κ3) is 4.56. The average molecular weight is 423 g/mol. The van der Waals surface area contributed by atoms with Gasteiger partial charge in [0.25, 0.3) is 0 Å². The Kier molecular flexibility index (Phi) is 6.42. The van der Waals surface area contributed by atoms with Crippen LogP contribution in [0.1, 0.15) is 11.1 Å². The van der Waals surface area contributed by atoms with Gasteiger partial charge in [0.05, 0.1) is 10.6 Å². The second-order valence-electron chi connectivity index (χ2n) is 6.75. The number of amides is 1. The van der Waals surface area contributed by atoms with Crippen LogP contribution < -0.4 is 0 Å². The fraction of sp³-hybridized carbons (Fsp3) is 0.350. The maximum Gasteiger partial charge on any atom is 0.243 e. The molecule has 0 radical (unpaired) electrons. The number of sulfonamides is 1. The Morgan fingerprint density at radius 2 is 1.71 bits per heavy atom. The van der Waals surface area contributed by atoms with Crippen molar-refractivity contribution in [2.24, 2.45) is 0 Å². The molecule has 1 fully saturated rings. The molecule has 0 atom stereocenters. The van der Waals surface area contributed by atoms with Crippen molar-refractivity contribution < 1.29 is 17.6 Å². The summed E-state index contributed by atoms with van der Waals surface area (Å²) >= 11 is 1.16. The fourth-order valence-corrected chi connectivity index (χ4v) is 5.34. The Morgan fingerprint density at radius 1 is 1.04 bits per heavy atom. The minimum absolute atomic E-state index is 0.114. The van der Waals surface area contributed by atoms with Crippen molar-refractivity contribution >= 4 is 27.7 Å². The van der Waals surface area contributed by atoms with E-state index >= 15 is 0 Å². The minimum Gasteiger partial charge on any atom is -0.339 e. The van der Waals surface area contributed by atoms with Crippen molar-refractivity contribution in [3.8, 4) is 0 Å². The molecule has 0 aliphatic carbocycles. The molecule has 0 spiro atoms. The standard InChI is InChI=1S/C20H23FN2O3S2/c1-15-7-8-17(13-16(15)2)28(25,26)23-11-9-22(10-12-23)20(24)14-27-19-6-4-3-5-18(19)21/h3-8,13H,9-12,14H2,1-2H3. The third-order valence-electron chi connectivity index (χ3n) is 4.90. The zero-order valence-corrected chi connectivity index (χ0v) is 17.5. The molecule has 1 aliphatic rings. The lowest BCUT2D eigenvalue weighted by Crippen LogP contribution is -2.51. The smallest absolute Gasteiger partial charge is 0.243 e. The number of halogens is 1. The molecular weight excluding hydrogens is 399 g/mol. The van der Waals surface area contributed by atoms with E-state index in [9.17, 15) is 17.6 Å². The van der Waals surface area contributed by atoms with E-state index in [4.69, 9.17) is 0 Å². The Bertz CT molecular complexity index is 971. The van der Waals surface area contributed by atoms with Crippen LogP contribution in [0.5, 0.6) is 0 Å². The largest absolute Gasteiger partial charge is 0.339 e. The maximum atomic E-state index is 13.7. The van der Waals surface area contributed by atoms with Crippen LogP contribution in [0.15, 0.2) is 52.3 Å². The van der Waals surface area contributed by atoms with Crippen LogP contribution in [-0.4, -0.2) is 55.5 Å². The first-order valence-electron chi connectivity index (χ1n) is 9.01. The van der Waals surface area contributed by atoms with Crippen LogP contribution in [0.25, 0.3) is 0 Å². The van der Waals surface area contributed by atoms with E-state index in [2.05, 4.69) is 0 Å². The van der Waals surface area contributed by atoms with E-state index in [1.54, 1.807) is 35.2 Å². The van der Waals surface area contributed by atoms with E-state index in [1.165, 1.54) is 10.4 Å². The first-order chi connectivity index (χ1) is 13.3. The van der Waals surface area contributed by atoms with Crippen molar-refractivity contribution in [3.05, 3.63) is 59.4 Å². The van der Waals surface area contributed by atoms with Gasteiger partial charge in [-0.2, -0.15) is 4.31 Å². The minimum atomic E-state index is -3.57. The van der Waals surface area contributed by atoms with E-state index in [0.717, 1.165) is 22.9 Å². The normalized spacial score (nSPS) is 15.6. The van der Waals surface area contributed by atoms with E-state index in [0.29, 0.717) is 18.0 Å². The lowest BCUT2D eigenvalue weighted by Gasteiger charge is -2.34. The Hall–Kier alpha value is -1.90. The van der Waals surface area contributed by atoms with Crippen molar-refractivity contribution in [1.82, 2.24) is 9.21 Å². The summed E-state index contributed by atoms with van der Waals surface area (Å²) in [5.41, 5.74) is 1.97. The quantitative estimate of drug-likeness (QED) is 0.695. The number of piperazine rings is 1. The van der Waals surface area contributed by atoms with Crippen molar-refractivity contribution in [2.45, 2.75) is 23.6 Å². The van der Waals surface area contributed by atoms with Gasteiger partial charge in [-0.3, -0.25) is 4.79 Å². The molecule has 150 valence electrons. The number of carbonyl (C=O) groups excluding carboxylic acids is 1. The summed E-state index contributed by atoms with van der Waals surface area (Å²) < 4.78 is 40.8. The molecular formula is C20H23FN2O3S2. The molecule has 28 heavy (non-hydrogen) atoms. The number of benzene rings is 2. The van der Waals surface area contributed by atoms with Crippen molar-refractivity contribution in [1.29, 1.82) is 0 Å². The molecule has 1 amide bonds. The fourth-order valence-electron chi connectivity index (χ4n) is 2.99. The van der Waals surface area contributed by atoms with Crippen molar-refractivity contribution in [2.75, 3.05) is 31.9 Å². The predicted molar refractivity (Wildman–Crippen MR) is 108 cm³/mol. The summed E-state index contributed by atoms with van der Waals surface area (Å²) in [6, 6.07) is 11.5. The number of hydrogen-bond donors (Lipinski definition) is 0. The molecule has 2 aromatic rings. The molecule has 3 rings (SSSR count). The number of rotatable bonds is 5. The zero-order chi connectivity index (χ0) is 20.3. The van der Waals surface area contributed by atoms with Crippen LogP contribution in [0.3, 0.4) is 0 Å². The zero-order valence-electron chi connectivity index (χ0n) is 15.9. The van der Waals surface area contributed by atoms with Crippen LogP contribution in [0.4, 0.5) is 4.39 Å². The molecule has 1 saturated heterocycles. The number of hydrogen-bond acceptors (Lipinski definition) is 4. The molecule has 1 heterocycles. The summed E-state index contributed by atoms with van der Waals surface area (Å²) in [6.07, 6.45) is 0. The maximum absolute atomic E-state index is 13.7. The first-order valence-corrected chi connectivity index (χ1v) is 11.4. The lowest BCUT2D eigenvalue weighted by atomic mass is 10.1. The molecule has 0 bridgehead atoms. The Balaban J connectivity index is 1.58. The average Bonchev–Trinajstić information content (AvgIpc) is 2.69. The predicted octanol–water partition coefficient (Wildman–Crippen LogP) is 3.07. The number of aryl methyl sites for hydroxylation is 2. The van der Waals surface area contributed by atoms with E-state index in [-0.39, 0.29) is 35.5 Å². The highest BCUT2D eigenvalue weighted by atomic mass is 32.2. The van der Waals surface area contributed by atoms with Gasteiger partial charge >= 0.3 is 0 Å². The number of thioether (sulfide) groups is 1. The molecule has 5 nitrogen and oxygen atoms in total. The molecule has 2 aromatic carbocycles. The van der Waals surface area contributed by atoms with Gasteiger partial charge in [0, 0.05) is 31.1 Å². The van der Waals surface area contributed by atoms with Gasteiger partial charge in [0.15, 0.2) is 0 Å². The SMILES string of the molecule is Cc1ccc(S(=O)(=O)N2CCN(C(=O)CSc3ccccc3F)CC2)cc1C. The van der Waals surface area contributed by atoms with Gasteiger partial charge in [-0.05, 0) is 49.2 Å². The van der Waals surface area contributed by atoms with Gasteiger partial charge in [-0.15, -0.1) is 11.8 Å². The molecule has 0 unspecified atom stereocenters. The highest BCUT2D eigenvalue weighted by Crippen LogP contribution is 2.23. The second kappa shape index (κ2) is 8.63. The highest BCUT2D eigenvalue weighted by molar-refractivity contribution is 8.00. The van der Waals surface area contributed by atoms with Gasteiger partial charge in [-0.25, -0.2) is 12.8 Å². The molecule has 0 N–H and O–H groups in total. The van der Waals surface area contributed by atoms with Crippen LogP contribution in [0, 0.1) is 19.7 Å². The van der Waals surface area contributed by atoms with Crippen LogP contribution >= 0.6 is 11.8 Å². The van der Waals surface area contributed by atoms with E-state index in [1.807, 2.05) is 19.9 Å². The molecule has 8 heteroatoms. The third-order valence-corrected chi connectivity index (χ3v) is 7.82. The van der Waals surface area contributed by atoms with Gasteiger partial charge in [0.1, 0.15) is 5.82 Å². The number of carbonyl (C=O) groups is 1. The molecule has 0 aromatic heterocycles. The second-order valence-corrected chi connectivity index (χ2v) is 9.71. The highest BCUT2D eigenvalue weighted by Gasteiger charge is 2.30. The Morgan fingerprint density at radius 3 is 2.36 bits per heavy atom. The summed E-state index contributed by atoms with van der Waals surface area (Å²) in [7, 11) is -3.57. The molecule has 1 aliphatic heterocycles. The van der Waals surface area contributed by atoms with Crippen molar-refractivity contribution in [3.63, 3.8) is 0 Å². The summed E-state index contributed by atoms with van der Waals surface area (Å²) in [5, 5.41) is 0. The lowest BCUT2D eigenvalue weighted by molar-refractivity contribution is -0.129. The summed E-state index contributed by atoms with van der Waals surface area (Å²) in [5.74, 6) is -0.328. The van der Waals surface area contributed by atoms with E-state index < -0.39 is 10.0 Å². The van der Waals surface area contributed by atoms with Crippen LogP contribution in [-0.2, 0) is 14.8 Å². The van der Waals surface area contributed by atoms with Gasteiger partial charge < -0.3 is 4.90 Å². The first kappa shape index (κ1) is 20.8. The van der Waals surface area contributed by atoms with Gasteiger partial charge in [0.2, 0.25) is 15.9 Å². The summed E-state index contributed by atoms with van der Waals surface area (Å²) in [4.78, 5) is 14.8. The topological polar surface area (TPSA) is 57.7 Å². The monoisotopic (exact) mass is 422 g/mol. The Labute approximate surface area is 169 Å². The summed E-state index contributed by atoms with van der Waals surface area (Å²) in [6.45, 7) is 5.01. The van der Waals surface area contributed by atoms with Crippen LogP contribution in [0.2, 0.25) is 0 Å². The molecule has 0 saturated carbocycles. The number of nitrogens with zero attached hydrogens (tertiary/aromatic N) is 2. The van der Waals surface area contributed by atoms with Gasteiger partial charge in [-0.1, -0.05) is 18.2 Å².